The van der Waals surface area contributed by atoms with Crippen LogP contribution in [0.5, 0.6) is 0 Å². The van der Waals surface area contributed by atoms with Crippen molar-refractivity contribution >= 4 is 46.4 Å². The first kappa shape index (κ1) is 25.3. The molecule has 0 bridgehead atoms. The maximum atomic E-state index is 13.4. The minimum atomic E-state index is -4.66. The second-order valence-corrected chi connectivity index (χ2v) is 8.50. The number of aromatic nitrogens is 2. The summed E-state index contributed by atoms with van der Waals surface area (Å²) in [4.78, 5) is 24.1. The molecule has 36 heavy (non-hydrogen) atoms. The third-order valence-electron chi connectivity index (χ3n) is 5.06. The highest BCUT2D eigenvalue weighted by Crippen LogP contribution is 2.35. The van der Waals surface area contributed by atoms with Crippen molar-refractivity contribution in [1.29, 1.82) is 0 Å². The van der Waals surface area contributed by atoms with Crippen molar-refractivity contribution in [3.63, 3.8) is 0 Å². The zero-order chi connectivity index (χ0) is 26.0. The van der Waals surface area contributed by atoms with Gasteiger partial charge in [0.15, 0.2) is 5.69 Å². The van der Waals surface area contributed by atoms with Crippen molar-refractivity contribution in [3.05, 3.63) is 94.1 Å². The first-order valence-electron chi connectivity index (χ1n) is 10.4. The van der Waals surface area contributed by atoms with Crippen LogP contribution in [0.3, 0.4) is 0 Å². The smallest absolute Gasteiger partial charge is 0.326 e. The first-order chi connectivity index (χ1) is 17.0. The van der Waals surface area contributed by atoms with Crippen molar-refractivity contribution in [2.45, 2.75) is 13.1 Å². The van der Waals surface area contributed by atoms with Gasteiger partial charge in [0.2, 0.25) is 5.91 Å². The molecule has 3 aromatic carbocycles. The summed E-state index contributed by atoms with van der Waals surface area (Å²) >= 11 is 12.4. The number of nitrogens with one attached hydrogen (secondary N) is 2. The van der Waals surface area contributed by atoms with Gasteiger partial charge >= 0.3 is 6.18 Å². The van der Waals surface area contributed by atoms with Crippen molar-refractivity contribution in [2.75, 3.05) is 10.6 Å². The Kier molecular flexibility index (Phi) is 7.05. The van der Waals surface area contributed by atoms with Crippen LogP contribution in [0.25, 0.3) is 16.9 Å². The molecule has 6 nitrogen and oxygen atoms in total. The van der Waals surface area contributed by atoms with Crippen LogP contribution in [-0.4, -0.2) is 21.6 Å². The number of benzene rings is 3. The molecule has 0 aliphatic heterocycles. The van der Waals surface area contributed by atoms with Crippen molar-refractivity contribution in [1.82, 2.24) is 9.78 Å². The highest BCUT2D eigenvalue weighted by molar-refractivity contribution is 6.34. The zero-order valence-electron chi connectivity index (χ0n) is 18.5. The molecule has 4 aromatic rings. The third kappa shape index (κ3) is 5.53. The number of carbonyl (C=O) groups is 2. The predicted molar refractivity (Wildman–Crippen MR) is 135 cm³/mol. The Hall–Kier alpha value is -3.82. The molecule has 4 rings (SSSR count). The summed E-state index contributed by atoms with van der Waals surface area (Å²) in [5.74, 6) is -0.783. The van der Waals surface area contributed by atoms with Gasteiger partial charge in [0, 0.05) is 25.2 Å². The maximum Gasteiger partial charge on any atom is 0.435 e. The molecule has 1 aromatic heterocycles. The summed E-state index contributed by atoms with van der Waals surface area (Å²) < 4.78 is 41.4. The quantitative estimate of drug-likeness (QED) is 0.281. The van der Waals surface area contributed by atoms with Crippen LogP contribution in [-0.2, 0) is 11.0 Å². The monoisotopic (exact) mass is 534 g/mol. The molecule has 2 N–H and O–H groups in total. The van der Waals surface area contributed by atoms with E-state index in [1.54, 1.807) is 30.3 Å². The van der Waals surface area contributed by atoms with E-state index in [2.05, 4.69) is 15.7 Å². The lowest BCUT2D eigenvalue weighted by Gasteiger charge is -2.11. The normalized spacial score (nSPS) is 11.3. The fourth-order valence-electron chi connectivity index (χ4n) is 3.42. The summed E-state index contributed by atoms with van der Waals surface area (Å²) in [6.45, 7) is 1.35. The van der Waals surface area contributed by atoms with E-state index in [1.807, 2.05) is 0 Å². The van der Waals surface area contributed by atoms with Gasteiger partial charge in [-0.15, -0.1) is 0 Å². The van der Waals surface area contributed by atoms with E-state index in [4.69, 9.17) is 23.2 Å². The number of para-hydroxylation sites is 1. The minimum Gasteiger partial charge on any atom is -0.326 e. The molecular weight excluding hydrogens is 516 g/mol. The van der Waals surface area contributed by atoms with Crippen LogP contribution in [0.1, 0.15) is 24.4 Å². The molecule has 0 spiro atoms. The van der Waals surface area contributed by atoms with Gasteiger partial charge in [0.1, 0.15) is 0 Å². The molecule has 0 atom stereocenters. The number of anilines is 2. The van der Waals surface area contributed by atoms with Gasteiger partial charge in [-0.2, -0.15) is 18.3 Å². The largest absolute Gasteiger partial charge is 0.435 e. The number of amides is 2. The van der Waals surface area contributed by atoms with E-state index in [0.29, 0.717) is 11.3 Å². The first-order valence-corrected chi connectivity index (χ1v) is 11.2. The number of halogens is 5. The zero-order valence-corrected chi connectivity index (χ0v) is 20.0. The number of rotatable bonds is 5. The van der Waals surface area contributed by atoms with Crippen LogP contribution in [0.2, 0.25) is 10.0 Å². The van der Waals surface area contributed by atoms with Crippen LogP contribution in [0.15, 0.2) is 72.8 Å². The van der Waals surface area contributed by atoms with Gasteiger partial charge in [-0.3, -0.25) is 9.59 Å². The molecule has 11 heteroatoms. The summed E-state index contributed by atoms with van der Waals surface area (Å²) in [6, 6.07) is 17.9. The van der Waals surface area contributed by atoms with Gasteiger partial charge in [-0.25, -0.2) is 4.68 Å². The molecule has 0 saturated carbocycles. The highest BCUT2D eigenvalue weighted by Gasteiger charge is 2.35. The van der Waals surface area contributed by atoms with Gasteiger partial charge in [0.25, 0.3) is 5.91 Å². The number of alkyl halides is 3. The number of hydrogen-bond donors (Lipinski definition) is 2. The van der Waals surface area contributed by atoms with E-state index in [9.17, 15) is 22.8 Å². The van der Waals surface area contributed by atoms with Crippen molar-refractivity contribution in [3.8, 4) is 16.9 Å². The van der Waals surface area contributed by atoms with Crippen LogP contribution >= 0.6 is 23.2 Å². The molecule has 0 aliphatic carbocycles. The Balaban J connectivity index is 0.00000380. The Labute approximate surface area is 215 Å². The fraction of sp³-hybridized carbons (Fsp3) is 0.0800. The van der Waals surface area contributed by atoms with E-state index >= 15 is 0 Å². The summed E-state index contributed by atoms with van der Waals surface area (Å²) in [5.41, 5.74) is 0.704. The van der Waals surface area contributed by atoms with Gasteiger partial charge in [-0.05, 0) is 48.5 Å². The van der Waals surface area contributed by atoms with E-state index in [-0.39, 0.29) is 40.0 Å². The number of carbonyl (C=O) groups excluding carboxylic acids is 2. The van der Waals surface area contributed by atoms with E-state index in [0.717, 1.165) is 10.7 Å². The molecule has 0 saturated heterocycles. The Morgan fingerprint density at radius 2 is 1.61 bits per heavy atom. The molecule has 0 fully saturated rings. The van der Waals surface area contributed by atoms with Crippen LogP contribution in [0, 0.1) is 0 Å². The lowest BCUT2D eigenvalue weighted by molar-refractivity contribution is -0.141. The van der Waals surface area contributed by atoms with Crippen molar-refractivity contribution in [2.24, 2.45) is 0 Å². The SMILES string of the molecule is CC(=O)Nc1ccc(Cl)c(NC(=O)c2ccc(-c3cc(C(F)(F)F)nn3-c3ccccc3Cl)cc2)c1.[HH]. The van der Waals surface area contributed by atoms with Gasteiger partial charge in [-0.1, -0.05) is 47.5 Å². The standard InChI is InChI=1S/C25H17Cl2F3N4O2.H2/c1-14(35)31-17-10-11-18(26)20(12-17)32-24(36)16-8-6-15(7-9-16)22-13-23(25(28,29)30)33-34(22)21-5-3-2-4-19(21)27;/h2-13H,1H3,(H,31,35)(H,32,36);1H. The Morgan fingerprint density at radius 3 is 2.25 bits per heavy atom. The molecule has 2 amide bonds. The average Bonchev–Trinajstić information content (AvgIpc) is 3.27. The number of hydrogen-bond acceptors (Lipinski definition) is 3. The highest BCUT2D eigenvalue weighted by atomic mass is 35.5. The molecule has 0 radical (unpaired) electrons. The molecule has 186 valence electrons. The second kappa shape index (κ2) is 10.0. The molecular formula is C25H19Cl2F3N4O2. The Morgan fingerprint density at radius 1 is 0.917 bits per heavy atom. The topological polar surface area (TPSA) is 76.0 Å². The predicted octanol–water partition coefficient (Wildman–Crippen LogP) is 7.32. The maximum absolute atomic E-state index is 13.4. The summed E-state index contributed by atoms with van der Waals surface area (Å²) in [5, 5.41) is 9.47. The Bertz CT molecular complexity index is 1460. The van der Waals surface area contributed by atoms with E-state index < -0.39 is 17.8 Å². The molecule has 1 heterocycles. The van der Waals surface area contributed by atoms with E-state index in [1.165, 1.54) is 43.3 Å². The molecule has 0 aliphatic rings. The molecule has 0 unspecified atom stereocenters. The van der Waals surface area contributed by atoms with Crippen molar-refractivity contribution < 1.29 is 24.2 Å². The average molecular weight is 535 g/mol. The lowest BCUT2D eigenvalue weighted by Crippen LogP contribution is -2.13. The summed E-state index contributed by atoms with van der Waals surface area (Å²) in [7, 11) is 0. The number of nitrogens with zero attached hydrogens (tertiary/aromatic N) is 2. The second-order valence-electron chi connectivity index (χ2n) is 7.68. The van der Waals surface area contributed by atoms with Gasteiger partial charge < -0.3 is 10.6 Å². The van der Waals surface area contributed by atoms with Crippen LogP contribution in [0.4, 0.5) is 24.5 Å². The minimum absolute atomic E-state index is 0. The van der Waals surface area contributed by atoms with Crippen LogP contribution < -0.4 is 10.6 Å². The van der Waals surface area contributed by atoms with Gasteiger partial charge in [0.05, 0.1) is 27.1 Å². The fourth-order valence-corrected chi connectivity index (χ4v) is 3.80. The summed E-state index contributed by atoms with van der Waals surface area (Å²) in [6.07, 6.45) is -4.66. The third-order valence-corrected chi connectivity index (χ3v) is 5.71. The lowest BCUT2D eigenvalue weighted by atomic mass is 10.1.